The van der Waals surface area contributed by atoms with Crippen LogP contribution in [0.25, 0.3) is 0 Å². The largest absolute Gasteiger partial charge is 4.00 e. The van der Waals surface area contributed by atoms with Gasteiger partial charge >= 0.3 is 43.6 Å². The molecule has 0 fully saturated rings. The number of rotatable bonds is 20. The fourth-order valence-electron chi connectivity index (χ4n) is 3.57. The van der Waals surface area contributed by atoms with E-state index in [1.807, 2.05) is 0 Å². The molecular formula is C23H50AlCl5O7Zr. The third-order valence-corrected chi connectivity index (χ3v) is 8.00. The van der Waals surface area contributed by atoms with E-state index < -0.39 is 8.13 Å². The minimum absolute atomic E-state index is 0. The van der Waals surface area contributed by atoms with E-state index in [-0.39, 0.29) is 81.9 Å². The van der Waals surface area contributed by atoms with Crippen molar-refractivity contribution in [3.05, 3.63) is 0 Å². The molecule has 0 aromatic rings. The molecule has 226 valence electrons. The Morgan fingerprint density at radius 2 is 0.568 bits per heavy atom. The van der Waals surface area contributed by atoms with E-state index in [4.69, 9.17) is 58.0 Å². The monoisotopic (exact) mass is 730 g/mol. The van der Waals surface area contributed by atoms with Crippen LogP contribution in [-0.2, 0) is 26.2 Å². The van der Waals surface area contributed by atoms with Crippen LogP contribution in [0, 0.1) is 0 Å². The molecule has 0 aliphatic rings. The predicted molar refractivity (Wildman–Crippen MR) is 152 cm³/mol. The Bertz CT molecular complexity index is 364. The van der Waals surface area contributed by atoms with E-state index in [9.17, 15) is 0 Å². The van der Waals surface area contributed by atoms with E-state index in [1.165, 1.54) is 109 Å². The summed E-state index contributed by atoms with van der Waals surface area (Å²) in [7, 11) is 0. The summed E-state index contributed by atoms with van der Waals surface area (Å²) in [6, 6.07) is 0. The van der Waals surface area contributed by atoms with E-state index >= 15 is 0 Å². The first-order valence-electron chi connectivity index (χ1n) is 11.8. The van der Waals surface area contributed by atoms with Crippen LogP contribution in [0.4, 0.5) is 0 Å². The van der Waals surface area contributed by atoms with Gasteiger partial charge in [-0.3, -0.25) is 0 Å². The number of hydrogen-bond donors (Lipinski definition) is 0. The average Bonchev–Trinajstić information content (AvgIpc) is 2.62. The van der Waals surface area contributed by atoms with Gasteiger partial charge in [0.25, 0.3) is 0 Å². The predicted octanol–water partition coefficient (Wildman–Crippen LogP) is 9.73. The molecule has 14 heteroatoms. The number of unbranched alkanes of at least 4 members (excludes halogenated alkanes) is 18. The molecule has 0 aliphatic carbocycles. The zero-order chi connectivity index (χ0) is 21.1. The molecule has 0 aromatic carbocycles. The quantitative estimate of drug-likeness (QED) is 0.0670. The van der Waals surface area contributed by atoms with Crippen molar-refractivity contribution >= 4 is 75.4 Å². The second-order valence-electron chi connectivity index (χ2n) is 8.32. The number of halogens is 5. The maximum atomic E-state index is 6.06. The summed E-state index contributed by atoms with van der Waals surface area (Å²) in [5, 5.41) is 0. The normalized spacial score (nSPS) is 9.57. The van der Waals surface area contributed by atoms with E-state index in [2.05, 4.69) is 6.92 Å². The summed E-state index contributed by atoms with van der Waals surface area (Å²) < 4.78 is -2.91. The van der Waals surface area contributed by atoms with Crippen LogP contribution in [0.5, 0.6) is 0 Å². The van der Waals surface area contributed by atoms with Gasteiger partial charge in [-0.1, -0.05) is 187 Å². The summed E-state index contributed by atoms with van der Waals surface area (Å²) in [6.45, 7) is 2.28. The van der Waals surface area contributed by atoms with Gasteiger partial charge in [0, 0.05) is 0 Å². The van der Waals surface area contributed by atoms with Gasteiger partial charge in [-0.05, 0) is 6.42 Å². The number of alkyl halides is 5. The van der Waals surface area contributed by atoms with Gasteiger partial charge in [-0.25, -0.2) is 0 Å². The van der Waals surface area contributed by atoms with Crippen molar-refractivity contribution in [2.24, 2.45) is 0 Å². The van der Waals surface area contributed by atoms with Crippen molar-refractivity contribution in [2.45, 2.75) is 143 Å². The van der Waals surface area contributed by atoms with Gasteiger partial charge < -0.3 is 38.3 Å². The molecule has 0 rings (SSSR count). The van der Waals surface area contributed by atoms with Crippen LogP contribution in [0.1, 0.15) is 135 Å². The average molecular weight is 734 g/mol. The molecule has 37 heavy (non-hydrogen) atoms. The second kappa shape index (κ2) is 45.6. The van der Waals surface area contributed by atoms with Crippen LogP contribution < -0.4 is 0 Å². The van der Waals surface area contributed by atoms with Crippen LogP contribution in [0.3, 0.4) is 0 Å². The van der Waals surface area contributed by atoms with Gasteiger partial charge in [0.15, 0.2) is 4.33 Å². The Kier molecular flexibility index (Phi) is 82.9. The Morgan fingerprint density at radius 3 is 0.757 bits per heavy atom. The molecule has 0 aliphatic heterocycles. The topological polar surface area (TPSA) is 210 Å². The molecule has 0 bridgehead atoms. The Labute approximate surface area is 281 Å². The van der Waals surface area contributed by atoms with Gasteiger partial charge in [-0.2, -0.15) is 0 Å². The maximum absolute atomic E-state index is 6.06. The molecule has 0 atom stereocenters. The summed E-state index contributed by atoms with van der Waals surface area (Å²) >= 11 is 29.5. The molecule has 0 amide bonds. The van der Waals surface area contributed by atoms with Crippen molar-refractivity contribution in [1.82, 2.24) is 0 Å². The molecule has 0 saturated carbocycles. The van der Waals surface area contributed by atoms with Crippen molar-refractivity contribution in [3.8, 4) is 0 Å². The Balaban J connectivity index is -0.000000101. The van der Waals surface area contributed by atoms with Crippen LogP contribution in [-0.4, -0.2) is 63.8 Å². The first kappa shape index (κ1) is 67.3. The first-order chi connectivity index (χ1) is 13.3. The molecular weight excluding hydrogens is 684 g/mol. The van der Waals surface area contributed by atoms with Gasteiger partial charge in [0.2, 0.25) is 3.79 Å². The summed E-state index contributed by atoms with van der Waals surface area (Å²) in [6.07, 6.45) is 26.2. The fourth-order valence-corrected chi connectivity index (χ4v) is 4.12. The van der Waals surface area contributed by atoms with E-state index in [0.717, 1.165) is 12.8 Å². The molecule has 7 nitrogen and oxygen atoms in total. The van der Waals surface area contributed by atoms with E-state index in [0.29, 0.717) is 6.42 Å². The third-order valence-electron chi connectivity index (χ3n) is 5.51. The minimum atomic E-state index is -1.62. The molecule has 0 aromatic heterocycles. The summed E-state index contributed by atoms with van der Waals surface area (Å²) in [5.74, 6) is 0. The third kappa shape index (κ3) is 45.8. The fraction of sp³-hybridized carbons (Fsp3) is 1.00. The maximum Gasteiger partial charge on any atom is 4.00 e. The summed E-state index contributed by atoms with van der Waals surface area (Å²) in [5.41, 5.74) is 0. The van der Waals surface area contributed by atoms with Crippen LogP contribution in [0.2, 0.25) is 0 Å². The van der Waals surface area contributed by atoms with Gasteiger partial charge in [0.05, 0.1) is 0 Å². The molecule has 0 unspecified atom stereocenters. The summed E-state index contributed by atoms with van der Waals surface area (Å²) in [4.78, 5) is 0. The van der Waals surface area contributed by atoms with Crippen molar-refractivity contribution < 1.29 is 64.5 Å². The SMILES string of the molecule is CCCCCCCCCCCCCCCCCCCCCC(Cl)(Cl)C(Cl)(Cl)Cl.[Al+3].[OH-].[OH-].[OH-].[OH-].[OH-].[OH-].[OH-].[Zr+4]. The van der Waals surface area contributed by atoms with Crippen LogP contribution >= 0.6 is 58.0 Å². The van der Waals surface area contributed by atoms with Gasteiger partial charge in [0.1, 0.15) is 0 Å². The number of hydrogen-bond acceptors (Lipinski definition) is 7. The first-order valence-corrected chi connectivity index (χ1v) is 13.6. The Hall–Kier alpha value is 2.59. The molecule has 0 spiro atoms. The molecule has 7 N–H and O–H groups in total. The smallest absolute Gasteiger partial charge is 0.870 e. The van der Waals surface area contributed by atoms with E-state index in [1.54, 1.807) is 0 Å². The molecule has 0 heterocycles. The zero-order valence-corrected chi connectivity index (χ0v) is 29.6. The minimum Gasteiger partial charge on any atom is -0.870 e. The zero-order valence-electron chi connectivity index (χ0n) is 22.2. The van der Waals surface area contributed by atoms with Crippen molar-refractivity contribution in [2.75, 3.05) is 0 Å². The van der Waals surface area contributed by atoms with Crippen molar-refractivity contribution in [1.29, 1.82) is 0 Å². The van der Waals surface area contributed by atoms with Crippen LogP contribution in [0.15, 0.2) is 0 Å². The van der Waals surface area contributed by atoms with Crippen molar-refractivity contribution in [3.63, 3.8) is 0 Å². The standard InChI is InChI=1S/C23H43Cl5.Al.7H2O.Zr/c1-2-3-4-5-6-7-8-9-10-11-12-13-14-15-16-17-18-19-20-21-22(24,25)23(26,27)28;;;;;;;;;/h2-21H2,1H3;;7*1H2;/q;+3;;;;;;;;+4/p-7. The van der Waals surface area contributed by atoms with Gasteiger partial charge in [-0.15, -0.1) is 0 Å². The molecule has 0 saturated heterocycles. The second-order valence-corrected chi connectivity index (χ2v) is 12.1. The Morgan fingerprint density at radius 1 is 0.378 bits per heavy atom. The molecule has 0 radical (unpaired) electrons.